The molecule has 1 aromatic rings. The molecule has 2 atom stereocenters. The Hall–Kier alpha value is -0.870. The van der Waals surface area contributed by atoms with Crippen molar-refractivity contribution in [3.63, 3.8) is 0 Å². The minimum absolute atomic E-state index is 0.605. The lowest BCUT2D eigenvalue weighted by molar-refractivity contribution is 0.222. The Morgan fingerprint density at radius 1 is 1.71 bits per heavy atom. The van der Waals surface area contributed by atoms with E-state index in [-0.39, 0.29) is 0 Å². The van der Waals surface area contributed by atoms with E-state index in [1.165, 1.54) is 6.42 Å². The maximum atomic E-state index is 5.67. The molecule has 2 unspecified atom stereocenters. The molecule has 4 nitrogen and oxygen atoms in total. The van der Waals surface area contributed by atoms with E-state index in [1.54, 1.807) is 6.20 Å². The van der Waals surface area contributed by atoms with Crippen LogP contribution in [0.25, 0.3) is 0 Å². The molecule has 0 bridgehead atoms. The number of hydrogen-bond acceptors (Lipinski definition) is 4. The van der Waals surface area contributed by atoms with Gasteiger partial charge in [0.05, 0.1) is 12.7 Å². The zero-order valence-electron chi connectivity index (χ0n) is 8.52. The zero-order valence-corrected chi connectivity index (χ0v) is 8.52. The van der Waals surface area contributed by atoms with Crippen LogP contribution in [0.15, 0.2) is 16.8 Å². The van der Waals surface area contributed by atoms with Gasteiger partial charge in [0.15, 0.2) is 5.76 Å². The van der Waals surface area contributed by atoms with Crippen molar-refractivity contribution >= 4 is 0 Å². The average Bonchev–Trinajstić information content (AvgIpc) is 2.78. The summed E-state index contributed by atoms with van der Waals surface area (Å²) >= 11 is 0. The van der Waals surface area contributed by atoms with Gasteiger partial charge in [-0.1, -0.05) is 5.16 Å². The number of nitrogens with two attached hydrogens (primary N) is 1. The maximum Gasteiger partial charge on any atom is 0.150 e. The highest BCUT2D eigenvalue weighted by atomic mass is 16.5. The smallest absolute Gasteiger partial charge is 0.150 e. The first-order valence-electron chi connectivity index (χ1n) is 5.13. The molecule has 0 aliphatic carbocycles. The quantitative estimate of drug-likeness (QED) is 0.776. The van der Waals surface area contributed by atoms with E-state index in [0.29, 0.717) is 12.0 Å². The largest absolute Gasteiger partial charge is 0.360 e. The Bertz CT molecular complexity index is 273. The fourth-order valence-electron chi connectivity index (χ4n) is 2.13. The summed E-state index contributed by atoms with van der Waals surface area (Å²) in [5, 5.41) is 3.70. The third kappa shape index (κ3) is 1.96. The topological polar surface area (TPSA) is 55.3 Å². The van der Waals surface area contributed by atoms with Crippen LogP contribution in [-0.2, 0) is 6.54 Å². The van der Waals surface area contributed by atoms with E-state index < -0.39 is 0 Å². The summed E-state index contributed by atoms with van der Waals surface area (Å²) in [6.07, 6.45) is 2.89. The molecule has 0 radical (unpaired) electrons. The normalized spacial score (nSPS) is 28.4. The predicted molar refractivity (Wildman–Crippen MR) is 53.5 cm³/mol. The molecule has 0 amide bonds. The fourth-order valence-corrected chi connectivity index (χ4v) is 2.13. The monoisotopic (exact) mass is 195 g/mol. The van der Waals surface area contributed by atoms with Gasteiger partial charge >= 0.3 is 0 Å². The molecule has 0 aromatic carbocycles. The van der Waals surface area contributed by atoms with Crippen LogP contribution in [0.5, 0.6) is 0 Å². The second-order valence-corrected chi connectivity index (χ2v) is 4.09. The molecule has 1 aliphatic rings. The van der Waals surface area contributed by atoms with Gasteiger partial charge in [0.1, 0.15) is 0 Å². The first kappa shape index (κ1) is 9.68. The Morgan fingerprint density at radius 2 is 2.57 bits per heavy atom. The average molecular weight is 195 g/mol. The molecule has 0 spiro atoms. The van der Waals surface area contributed by atoms with E-state index in [1.807, 2.05) is 6.07 Å². The molecule has 1 aromatic heterocycles. The summed E-state index contributed by atoms with van der Waals surface area (Å²) < 4.78 is 5.09. The predicted octanol–water partition coefficient (Wildman–Crippen LogP) is 0.844. The molecule has 2 N–H and O–H groups in total. The van der Waals surface area contributed by atoms with Crippen LogP contribution in [0.1, 0.15) is 19.1 Å². The van der Waals surface area contributed by atoms with Crippen LogP contribution in [0.2, 0.25) is 0 Å². The van der Waals surface area contributed by atoms with Gasteiger partial charge in [0.2, 0.25) is 0 Å². The van der Waals surface area contributed by atoms with Crippen molar-refractivity contribution in [1.82, 2.24) is 10.1 Å². The highest BCUT2D eigenvalue weighted by Gasteiger charge is 2.28. The van der Waals surface area contributed by atoms with Crippen LogP contribution in [0.4, 0.5) is 0 Å². The lowest BCUT2D eigenvalue weighted by atomic mass is 10.1. The summed E-state index contributed by atoms with van der Waals surface area (Å²) in [5.41, 5.74) is 5.67. The lowest BCUT2D eigenvalue weighted by Crippen LogP contribution is -2.27. The van der Waals surface area contributed by atoms with Gasteiger partial charge in [-0.15, -0.1) is 0 Å². The van der Waals surface area contributed by atoms with Crippen molar-refractivity contribution in [2.45, 2.75) is 25.9 Å². The standard InChI is InChI=1S/C10H17N3O/c1-8-4-9(5-11)6-13(8)7-10-2-3-12-14-10/h2-3,8-9H,4-7,11H2,1H3. The van der Waals surface area contributed by atoms with Crippen molar-refractivity contribution < 1.29 is 4.52 Å². The molecule has 1 aliphatic heterocycles. The molecule has 78 valence electrons. The summed E-state index contributed by atoms with van der Waals surface area (Å²) in [5.74, 6) is 1.59. The molecule has 0 saturated carbocycles. The molecule has 1 saturated heterocycles. The Morgan fingerprint density at radius 3 is 3.14 bits per heavy atom. The minimum atomic E-state index is 0.605. The molecule has 2 rings (SSSR count). The highest BCUT2D eigenvalue weighted by Crippen LogP contribution is 2.23. The number of aromatic nitrogens is 1. The summed E-state index contributed by atoms with van der Waals surface area (Å²) in [7, 11) is 0. The molecular formula is C10H17N3O. The summed E-state index contributed by atoms with van der Waals surface area (Å²) in [4.78, 5) is 2.40. The molecule has 2 heterocycles. The van der Waals surface area contributed by atoms with Crippen LogP contribution >= 0.6 is 0 Å². The number of likely N-dealkylation sites (tertiary alicyclic amines) is 1. The van der Waals surface area contributed by atoms with Crippen molar-refractivity contribution in [2.75, 3.05) is 13.1 Å². The Labute approximate surface area is 84.0 Å². The van der Waals surface area contributed by atoms with E-state index >= 15 is 0 Å². The van der Waals surface area contributed by atoms with E-state index in [0.717, 1.165) is 25.4 Å². The second kappa shape index (κ2) is 4.11. The van der Waals surface area contributed by atoms with Gasteiger partial charge < -0.3 is 10.3 Å². The second-order valence-electron chi connectivity index (χ2n) is 4.09. The highest BCUT2D eigenvalue weighted by molar-refractivity contribution is 4.95. The van der Waals surface area contributed by atoms with Crippen molar-refractivity contribution in [3.05, 3.63) is 18.0 Å². The SMILES string of the molecule is CC1CC(CN)CN1Cc1ccno1. The van der Waals surface area contributed by atoms with Crippen LogP contribution in [-0.4, -0.2) is 29.2 Å². The van der Waals surface area contributed by atoms with Gasteiger partial charge in [-0.05, 0) is 25.8 Å². The van der Waals surface area contributed by atoms with E-state index in [2.05, 4.69) is 17.0 Å². The van der Waals surface area contributed by atoms with Gasteiger partial charge in [-0.25, -0.2) is 0 Å². The van der Waals surface area contributed by atoms with E-state index in [4.69, 9.17) is 10.3 Å². The van der Waals surface area contributed by atoms with Crippen LogP contribution in [0, 0.1) is 5.92 Å². The summed E-state index contributed by atoms with van der Waals surface area (Å²) in [6, 6.07) is 2.52. The van der Waals surface area contributed by atoms with Gasteiger partial charge in [0.25, 0.3) is 0 Å². The molecule has 4 heteroatoms. The molecule has 14 heavy (non-hydrogen) atoms. The van der Waals surface area contributed by atoms with Crippen LogP contribution < -0.4 is 5.73 Å². The number of hydrogen-bond donors (Lipinski definition) is 1. The Kier molecular flexibility index (Phi) is 2.84. The third-order valence-corrected chi connectivity index (χ3v) is 2.97. The van der Waals surface area contributed by atoms with Crippen molar-refractivity contribution in [3.8, 4) is 0 Å². The molecule has 1 fully saturated rings. The molecular weight excluding hydrogens is 178 g/mol. The van der Waals surface area contributed by atoms with Crippen molar-refractivity contribution in [1.29, 1.82) is 0 Å². The van der Waals surface area contributed by atoms with Crippen LogP contribution in [0.3, 0.4) is 0 Å². The minimum Gasteiger partial charge on any atom is -0.360 e. The Balaban J connectivity index is 1.93. The van der Waals surface area contributed by atoms with Gasteiger partial charge in [0, 0.05) is 18.7 Å². The van der Waals surface area contributed by atoms with Crippen molar-refractivity contribution in [2.24, 2.45) is 11.7 Å². The number of nitrogens with zero attached hydrogens (tertiary/aromatic N) is 2. The van der Waals surface area contributed by atoms with Gasteiger partial charge in [-0.3, -0.25) is 4.90 Å². The fraction of sp³-hybridized carbons (Fsp3) is 0.700. The zero-order chi connectivity index (χ0) is 9.97. The first-order valence-corrected chi connectivity index (χ1v) is 5.13. The maximum absolute atomic E-state index is 5.67. The first-order chi connectivity index (χ1) is 6.79. The lowest BCUT2D eigenvalue weighted by Gasteiger charge is -2.18. The summed E-state index contributed by atoms with van der Waals surface area (Å²) in [6.45, 7) is 4.97. The third-order valence-electron chi connectivity index (χ3n) is 2.97. The van der Waals surface area contributed by atoms with E-state index in [9.17, 15) is 0 Å². The number of rotatable bonds is 3. The van der Waals surface area contributed by atoms with Gasteiger partial charge in [-0.2, -0.15) is 0 Å².